The maximum Gasteiger partial charge on any atom is 0.273 e. The Morgan fingerprint density at radius 1 is 1.41 bits per heavy atom. The molecule has 0 amide bonds. The summed E-state index contributed by atoms with van der Waals surface area (Å²) in [6.07, 6.45) is 0. The Morgan fingerprint density at radius 2 is 2.24 bits per heavy atom. The molecule has 2 aromatic rings. The number of aromatic amines is 1. The molecule has 0 bridgehead atoms. The number of benzene rings is 1. The molecule has 1 aromatic carbocycles. The van der Waals surface area contributed by atoms with Crippen molar-refractivity contribution in [3.05, 3.63) is 50.3 Å². The van der Waals surface area contributed by atoms with Crippen molar-refractivity contribution in [3.8, 4) is 0 Å². The molecule has 6 heteroatoms. The third-order valence-corrected chi connectivity index (χ3v) is 3.53. The third kappa shape index (κ3) is 3.41. The lowest BCUT2D eigenvalue weighted by atomic mass is 10.2. The van der Waals surface area contributed by atoms with Crippen LogP contribution >= 0.6 is 27.7 Å². The molecule has 1 aromatic heterocycles. The molecule has 0 spiro atoms. The molecule has 1 N–H and O–H groups in total. The van der Waals surface area contributed by atoms with E-state index in [9.17, 15) is 4.79 Å². The topological polar surface area (TPSA) is 58.6 Å². The summed E-state index contributed by atoms with van der Waals surface area (Å²) in [4.78, 5) is 14.0. The number of nitrogens with one attached hydrogen (secondary N) is 1. The van der Waals surface area contributed by atoms with Crippen LogP contribution in [0.2, 0.25) is 0 Å². The maximum absolute atomic E-state index is 11.3. The van der Waals surface area contributed by atoms with Crippen molar-refractivity contribution in [2.24, 2.45) is 0 Å². The normalized spacial score (nSPS) is 10.5. The fraction of sp³-hybridized carbons (Fsp3) is 0.182. The lowest BCUT2D eigenvalue weighted by molar-refractivity contribution is 0.790. The summed E-state index contributed by atoms with van der Waals surface area (Å²) in [5.74, 6) is 0.743. The van der Waals surface area contributed by atoms with Gasteiger partial charge >= 0.3 is 0 Å². The summed E-state index contributed by atoms with van der Waals surface area (Å²) in [5, 5.41) is 8.25. The molecule has 17 heavy (non-hydrogen) atoms. The van der Waals surface area contributed by atoms with Gasteiger partial charge in [0, 0.05) is 10.2 Å². The number of thioether (sulfide) groups is 1. The molecule has 0 aliphatic carbocycles. The second kappa shape index (κ2) is 5.46. The van der Waals surface area contributed by atoms with E-state index in [0.29, 0.717) is 10.9 Å². The molecule has 0 radical (unpaired) electrons. The lowest BCUT2D eigenvalue weighted by Crippen LogP contribution is -2.14. The average Bonchev–Trinajstić information content (AvgIpc) is 2.31. The van der Waals surface area contributed by atoms with Crippen LogP contribution in [0.25, 0.3) is 0 Å². The standard InChI is InChI=1S/C11H10BrN3OS/c1-7-10(16)13-11(15-14-7)17-6-8-3-2-4-9(12)5-8/h2-5H,6H2,1H3,(H,13,15,16). The predicted octanol–water partition coefficient (Wildman–Crippen LogP) is 2.53. The van der Waals surface area contributed by atoms with Gasteiger partial charge in [-0.2, -0.15) is 0 Å². The van der Waals surface area contributed by atoms with Gasteiger partial charge in [0.2, 0.25) is 0 Å². The molecule has 0 aliphatic rings. The fourth-order valence-electron chi connectivity index (χ4n) is 1.22. The van der Waals surface area contributed by atoms with Crippen LogP contribution in [0.1, 0.15) is 11.3 Å². The van der Waals surface area contributed by atoms with E-state index in [-0.39, 0.29) is 5.56 Å². The number of rotatable bonds is 3. The number of hydrogen-bond donors (Lipinski definition) is 1. The zero-order valence-electron chi connectivity index (χ0n) is 9.11. The monoisotopic (exact) mass is 311 g/mol. The number of halogens is 1. The zero-order chi connectivity index (χ0) is 12.3. The third-order valence-electron chi connectivity index (χ3n) is 2.10. The Balaban J connectivity index is 2.07. The summed E-state index contributed by atoms with van der Waals surface area (Å²) < 4.78 is 1.04. The molecule has 4 nitrogen and oxygen atoms in total. The van der Waals surface area contributed by atoms with E-state index in [1.165, 1.54) is 11.8 Å². The van der Waals surface area contributed by atoms with Crippen molar-refractivity contribution in [1.82, 2.24) is 15.2 Å². The Kier molecular flexibility index (Phi) is 3.96. The maximum atomic E-state index is 11.3. The first kappa shape index (κ1) is 12.3. The van der Waals surface area contributed by atoms with E-state index in [2.05, 4.69) is 31.1 Å². The van der Waals surface area contributed by atoms with Gasteiger partial charge in [-0.3, -0.25) is 9.78 Å². The van der Waals surface area contributed by atoms with E-state index in [0.717, 1.165) is 15.8 Å². The Morgan fingerprint density at radius 3 is 2.94 bits per heavy atom. The molecule has 88 valence electrons. The molecule has 0 atom stereocenters. The summed E-state index contributed by atoms with van der Waals surface area (Å²) in [5.41, 5.74) is 1.36. The first-order chi connectivity index (χ1) is 8.15. The Labute approximate surface area is 111 Å². The number of H-pyrrole nitrogens is 1. The number of aryl methyl sites for hydroxylation is 1. The minimum absolute atomic E-state index is 0.184. The van der Waals surface area contributed by atoms with E-state index in [1.54, 1.807) is 6.92 Å². The minimum atomic E-state index is -0.184. The van der Waals surface area contributed by atoms with Gasteiger partial charge in [-0.05, 0) is 24.6 Å². The van der Waals surface area contributed by atoms with Gasteiger partial charge in [0.05, 0.1) is 0 Å². The van der Waals surface area contributed by atoms with Crippen LogP contribution in [0, 0.1) is 6.92 Å². The van der Waals surface area contributed by atoms with E-state index < -0.39 is 0 Å². The molecular weight excluding hydrogens is 302 g/mol. The van der Waals surface area contributed by atoms with Gasteiger partial charge < -0.3 is 0 Å². The summed E-state index contributed by atoms with van der Waals surface area (Å²) in [6.45, 7) is 1.63. The Bertz CT molecular complexity index is 585. The van der Waals surface area contributed by atoms with E-state index in [4.69, 9.17) is 0 Å². The summed E-state index contributed by atoms with van der Waals surface area (Å²) >= 11 is 4.87. The largest absolute Gasteiger partial charge is 0.298 e. The van der Waals surface area contributed by atoms with Gasteiger partial charge in [0.25, 0.3) is 5.56 Å². The van der Waals surface area contributed by atoms with Gasteiger partial charge in [-0.25, -0.2) is 0 Å². The fourth-order valence-corrected chi connectivity index (χ4v) is 2.41. The van der Waals surface area contributed by atoms with Crippen LogP contribution < -0.4 is 5.56 Å². The van der Waals surface area contributed by atoms with Gasteiger partial charge in [-0.1, -0.05) is 39.8 Å². The molecule has 0 aliphatic heterocycles. The van der Waals surface area contributed by atoms with E-state index >= 15 is 0 Å². The van der Waals surface area contributed by atoms with Crippen LogP contribution in [0.4, 0.5) is 0 Å². The summed E-state index contributed by atoms with van der Waals surface area (Å²) in [6, 6.07) is 8.01. The highest BCUT2D eigenvalue weighted by Crippen LogP contribution is 2.20. The number of aromatic nitrogens is 3. The first-order valence-electron chi connectivity index (χ1n) is 4.96. The Hall–Kier alpha value is -1.14. The molecule has 0 saturated carbocycles. The number of nitrogens with zero attached hydrogens (tertiary/aromatic N) is 2. The van der Waals surface area contributed by atoms with Gasteiger partial charge in [0.1, 0.15) is 5.69 Å². The predicted molar refractivity (Wildman–Crippen MR) is 71.1 cm³/mol. The number of hydrogen-bond acceptors (Lipinski definition) is 4. The molecule has 0 unspecified atom stereocenters. The van der Waals surface area contributed by atoms with Crippen LogP contribution in [0.3, 0.4) is 0 Å². The quantitative estimate of drug-likeness (QED) is 0.885. The van der Waals surface area contributed by atoms with Crippen LogP contribution in [-0.4, -0.2) is 15.2 Å². The van der Waals surface area contributed by atoms with Crippen molar-refractivity contribution in [2.45, 2.75) is 17.8 Å². The zero-order valence-corrected chi connectivity index (χ0v) is 11.5. The first-order valence-corrected chi connectivity index (χ1v) is 6.74. The second-order valence-corrected chi connectivity index (χ2v) is 5.34. The molecular formula is C11H10BrN3OS. The molecule has 0 fully saturated rings. The van der Waals surface area contributed by atoms with Gasteiger partial charge in [-0.15, -0.1) is 10.2 Å². The highest BCUT2D eigenvalue weighted by atomic mass is 79.9. The highest BCUT2D eigenvalue weighted by Gasteiger charge is 2.02. The smallest absolute Gasteiger partial charge is 0.273 e. The average molecular weight is 312 g/mol. The molecule has 2 rings (SSSR count). The minimum Gasteiger partial charge on any atom is -0.298 e. The SMILES string of the molecule is Cc1nnc(SCc2cccc(Br)c2)[nH]c1=O. The summed E-state index contributed by atoms with van der Waals surface area (Å²) in [7, 11) is 0. The van der Waals surface area contributed by atoms with Crippen LogP contribution in [0.5, 0.6) is 0 Å². The lowest BCUT2D eigenvalue weighted by Gasteiger charge is -2.01. The van der Waals surface area contributed by atoms with Crippen molar-refractivity contribution >= 4 is 27.7 Å². The van der Waals surface area contributed by atoms with Crippen molar-refractivity contribution < 1.29 is 0 Å². The van der Waals surface area contributed by atoms with E-state index in [1.807, 2.05) is 24.3 Å². The van der Waals surface area contributed by atoms with Crippen molar-refractivity contribution in [2.75, 3.05) is 0 Å². The van der Waals surface area contributed by atoms with Gasteiger partial charge in [0.15, 0.2) is 5.16 Å². The van der Waals surface area contributed by atoms with Crippen LogP contribution in [0.15, 0.2) is 38.7 Å². The highest BCUT2D eigenvalue weighted by molar-refractivity contribution is 9.10. The molecule has 1 heterocycles. The van der Waals surface area contributed by atoms with Crippen molar-refractivity contribution in [3.63, 3.8) is 0 Å². The van der Waals surface area contributed by atoms with Crippen molar-refractivity contribution in [1.29, 1.82) is 0 Å². The molecule has 0 saturated heterocycles. The van der Waals surface area contributed by atoms with Crippen LogP contribution in [-0.2, 0) is 5.75 Å². The second-order valence-electron chi connectivity index (χ2n) is 3.46.